The van der Waals surface area contributed by atoms with Crippen molar-refractivity contribution in [3.8, 4) is 0 Å². The average molecular weight is 424 g/mol. The van der Waals surface area contributed by atoms with Crippen molar-refractivity contribution in [1.29, 1.82) is 0 Å². The van der Waals surface area contributed by atoms with Gasteiger partial charge in [-0.05, 0) is 53.5 Å². The van der Waals surface area contributed by atoms with Crippen molar-refractivity contribution in [3.63, 3.8) is 0 Å². The number of aromatic nitrogens is 1. The number of rotatable bonds is 7. The topological polar surface area (TPSA) is 71.1 Å². The molecule has 0 aliphatic heterocycles. The van der Waals surface area contributed by atoms with Gasteiger partial charge in [0.05, 0.1) is 0 Å². The lowest BCUT2D eigenvalue weighted by Gasteiger charge is -2.08. The smallest absolute Gasteiger partial charge is 0.229 e. The van der Waals surface area contributed by atoms with E-state index in [0.29, 0.717) is 5.82 Å². The van der Waals surface area contributed by atoms with E-state index in [9.17, 15) is 9.59 Å². The monoisotopic (exact) mass is 423 g/mol. The number of thioether (sulfide) groups is 1. The lowest BCUT2D eigenvalue weighted by Crippen LogP contribution is -2.17. The number of hydrogen-bond donors (Lipinski definition) is 2. The summed E-state index contributed by atoms with van der Waals surface area (Å²) >= 11 is 1.69. The van der Waals surface area contributed by atoms with Crippen LogP contribution in [0.25, 0.3) is 0 Å². The highest BCUT2D eigenvalue weighted by Crippen LogP contribution is 2.52. The average Bonchev–Trinajstić information content (AvgIpc) is 3.55. The highest BCUT2D eigenvalue weighted by atomic mass is 32.2. The predicted octanol–water partition coefficient (Wildman–Crippen LogP) is 5.34. The molecule has 2 aliphatic carbocycles. The molecule has 1 heterocycles. The van der Waals surface area contributed by atoms with E-state index in [1.807, 2.05) is 36.4 Å². The van der Waals surface area contributed by atoms with Gasteiger partial charge < -0.3 is 10.6 Å². The van der Waals surface area contributed by atoms with Crippen molar-refractivity contribution in [2.45, 2.75) is 51.2 Å². The number of benzene rings is 1. The third-order valence-electron chi connectivity index (χ3n) is 6.27. The number of carbonyl (C=O) groups excluding carboxylic acids is 2. The number of pyridine rings is 1. The van der Waals surface area contributed by atoms with Gasteiger partial charge in [-0.15, -0.1) is 11.8 Å². The summed E-state index contributed by atoms with van der Waals surface area (Å²) in [5.41, 5.74) is 2.28. The van der Waals surface area contributed by atoms with Crippen molar-refractivity contribution in [3.05, 3.63) is 48.2 Å². The molecule has 4 rings (SSSR count). The SMILES string of the molecule is CC1(C)CC1C(=O)Nc1ccc(CSc2ccc(NC(=O)C3CC3(C)C)nc2)cc1. The summed E-state index contributed by atoms with van der Waals surface area (Å²) in [5.74, 6) is 1.82. The van der Waals surface area contributed by atoms with E-state index in [1.54, 1.807) is 18.0 Å². The van der Waals surface area contributed by atoms with E-state index >= 15 is 0 Å². The Morgan fingerprint density at radius 1 is 0.933 bits per heavy atom. The second-order valence-electron chi connectivity index (χ2n) is 9.83. The Morgan fingerprint density at radius 3 is 2.00 bits per heavy atom. The standard InChI is InChI=1S/C24H29N3O2S/c1-23(2)11-18(23)21(28)26-16-7-5-15(6-8-16)14-30-17-9-10-20(25-13-17)27-22(29)19-12-24(19,3)4/h5-10,13,18-19H,11-12,14H2,1-4H3,(H,26,28)(H,25,27,29). The van der Waals surface area contributed by atoms with Gasteiger partial charge in [-0.25, -0.2) is 4.98 Å². The highest BCUT2D eigenvalue weighted by molar-refractivity contribution is 7.98. The van der Waals surface area contributed by atoms with E-state index in [1.165, 1.54) is 5.56 Å². The van der Waals surface area contributed by atoms with Crippen LogP contribution in [0.3, 0.4) is 0 Å². The van der Waals surface area contributed by atoms with Gasteiger partial charge in [-0.2, -0.15) is 0 Å². The Labute approximate surface area is 182 Å². The van der Waals surface area contributed by atoms with Crippen molar-refractivity contribution in [2.75, 3.05) is 10.6 Å². The third kappa shape index (κ3) is 4.86. The first-order valence-electron chi connectivity index (χ1n) is 10.4. The number of hydrogen-bond acceptors (Lipinski definition) is 4. The fourth-order valence-corrected chi connectivity index (χ4v) is 4.48. The Kier molecular flexibility index (Phi) is 5.39. The molecule has 2 unspecified atom stereocenters. The largest absolute Gasteiger partial charge is 0.326 e. The first-order valence-corrected chi connectivity index (χ1v) is 11.4. The van der Waals surface area contributed by atoms with Crippen LogP contribution >= 0.6 is 11.8 Å². The van der Waals surface area contributed by atoms with Crippen LogP contribution in [0.15, 0.2) is 47.5 Å². The molecule has 2 fully saturated rings. The maximum atomic E-state index is 12.2. The first-order chi connectivity index (χ1) is 14.1. The minimum Gasteiger partial charge on any atom is -0.326 e. The molecule has 5 nitrogen and oxygen atoms in total. The van der Waals surface area contributed by atoms with Crippen LogP contribution in [0, 0.1) is 22.7 Å². The molecule has 30 heavy (non-hydrogen) atoms. The lowest BCUT2D eigenvalue weighted by atomic mass is 10.1. The predicted molar refractivity (Wildman–Crippen MR) is 121 cm³/mol. The van der Waals surface area contributed by atoms with Gasteiger partial charge in [0.1, 0.15) is 5.82 Å². The molecule has 2 aromatic rings. The lowest BCUT2D eigenvalue weighted by molar-refractivity contribution is -0.118. The zero-order chi connectivity index (χ0) is 21.5. The summed E-state index contributed by atoms with van der Waals surface area (Å²) < 4.78 is 0. The minimum atomic E-state index is 0.0605. The molecule has 0 bridgehead atoms. The van der Waals surface area contributed by atoms with E-state index in [4.69, 9.17) is 0 Å². The van der Waals surface area contributed by atoms with Crippen LogP contribution in [0.2, 0.25) is 0 Å². The molecule has 2 atom stereocenters. The molecule has 0 radical (unpaired) electrons. The van der Waals surface area contributed by atoms with Crippen LogP contribution in [-0.2, 0) is 15.3 Å². The second kappa shape index (κ2) is 7.73. The number of carbonyl (C=O) groups is 2. The molecule has 1 aromatic carbocycles. The van der Waals surface area contributed by atoms with Crippen molar-refractivity contribution in [1.82, 2.24) is 4.98 Å². The molecular weight excluding hydrogens is 394 g/mol. The van der Waals surface area contributed by atoms with Gasteiger partial charge in [0.2, 0.25) is 11.8 Å². The first kappa shape index (κ1) is 20.9. The molecule has 0 spiro atoms. The van der Waals surface area contributed by atoms with Crippen molar-refractivity contribution in [2.24, 2.45) is 22.7 Å². The molecule has 2 N–H and O–H groups in total. The normalized spacial score (nSPS) is 22.8. The van der Waals surface area contributed by atoms with Gasteiger partial charge in [0.15, 0.2) is 0 Å². The van der Waals surface area contributed by atoms with Gasteiger partial charge >= 0.3 is 0 Å². The molecule has 1 aromatic heterocycles. The molecule has 6 heteroatoms. The summed E-state index contributed by atoms with van der Waals surface area (Å²) in [6.07, 6.45) is 3.70. The van der Waals surface area contributed by atoms with Crippen LogP contribution in [0.5, 0.6) is 0 Å². The summed E-state index contributed by atoms with van der Waals surface area (Å²) in [4.78, 5) is 29.8. The van der Waals surface area contributed by atoms with Gasteiger partial charge in [-0.1, -0.05) is 39.8 Å². The van der Waals surface area contributed by atoms with Crippen LogP contribution in [0.1, 0.15) is 46.1 Å². The fourth-order valence-electron chi connectivity index (χ4n) is 3.66. The van der Waals surface area contributed by atoms with Crippen molar-refractivity contribution < 1.29 is 9.59 Å². The Morgan fingerprint density at radius 2 is 1.50 bits per heavy atom. The molecule has 158 valence electrons. The summed E-state index contributed by atoms with van der Waals surface area (Å²) in [6.45, 7) is 8.47. The summed E-state index contributed by atoms with van der Waals surface area (Å²) in [7, 11) is 0. The number of anilines is 2. The number of nitrogens with zero attached hydrogens (tertiary/aromatic N) is 1. The van der Waals surface area contributed by atoms with Crippen molar-refractivity contribution >= 4 is 35.1 Å². The van der Waals surface area contributed by atoms with Gasteiger partial charge in [0, 0.05) is 34.4 Å². The quantitative estimate of drug-likeness (QED) is 0.590. The highest BCUT2D eigenvalue weighted by Gasteiger charge is 2.51. The second-order valence-corrected chi connectivity index (χ2v) is 10.9. The van der Waals surface area contributed by atoms with Crippen LogP contribution in [-0.4, -0.2) is 16.8 Å². The molecule has 2 amide bonds. The van der Waals surface area contributed by atoms with Crippen LogP contribution in [0.4, 0.5) is 11.5 Å². The van der Waals surface area contributed by atoms with Gasteiger partial charge in [0.25, 0.3) is 0 Å². The number of amides is 2. The molecule has 0 saturated heterocycles. The fraction of sp³-hybridized carbons (Fsp3) is 0.458. The maximum Gasteiger partial charge on any atom is 0.229 e. The third-order valence-corrected chi connectivity index (χ3v) is 7.33. The van der Waals surface area contributed by atoms with E-state index in [2.05, 4.69) is 43.3 Å². The minimum absolute atomic E-state index is 0.0605. The number of nitrogens with one attached hydrogen (secondary N) is 2. The molecule has 2 saturated carbocycles. The van der Waals surface area contributed by atoms with Crippen LogP contribution < -0.4 is 10.6 Å². The zero-order valence-electron chi connectivity index (χ0n) is 18.0. The Balaban J connectivity index is 1.24. The molecular formula is C24H29N3O2S. The Hall–Kier alpha value is -2.34. The maximum absolute atomic E-state index is 12.2. The van der Waals surface area contributed by atoms with E-state index in [-0.39, 0.29) is 34.5 Å². The zero-order valence-corrected chi connectivity index (χ0v) is 18.8. The summed E-state index contributed by atoms with van der Waals surface area (Å²) in [6, 6.07) is 11.8. The molecule has 2 aliphatic rings. The van der Waals surface area contributed by atoms with E-state index < -0.39 is 0 Å². The summed E-state index contributed by atoms with van der Waals surface area (Å²) in [5, 5.41) is 5.92. The van der Waals surface area contributed by atoms with Gasteiger partial charge in [-0.3, -0.25) is 9.59 Å². The Bertz CT molecular complexity index is 872. The van der Waals surface area contributed by atoms with E-state index in [0.717, 1.165) is 29.2 Å².